The van der Waals surface area contributed by atoms with Crippen LogP contribution in [0.1, 0.15) is 10.4 Å². The molecular formula is C10H7IO2S. The minimum absolute atomic E-state index is 0.656. The fraction of sp³-hybridized carbons (Fsp3) is 0.100. The number of fused-ring (bicyclic) bond motifs is 1. The van der Waals surface area contributed by atoms with E-state index in [-0.39, 0.29) is 0 Å². The van der Waals surface area contributed by atoms with E-state index < -0.39 is 0 Å². The monoisotopic (exact) mass is 318 g/mol. The Balaban J connectivity index is 2.78. The molecule has 0 atom stereocenters. The lowest BCUT2D eigenvalue weighted by Gasteiger charge is -2.01. The molecule has 2 rings (SSSR count). The molecule has 2 aromatic rings. The molecule has 0 aliphatic rings. The summed E-state index contributed by atoms with van der Waals surface area (Å²) in [5.74, 6) is 0.775. The van der Waals surface area contributed by atoms with Crippen molar-refractivity contribution in [3.8, 4) is 5.75 Å². The number of benzene rings is 1. The van der Waals surface area contributed by atoms with Crippen molar-refractivity contribution >= 4 is 50.3 Å². The molecule has 0 fully saturated rings. The van der Waals surface area contributed by atoms with Crippen LogP contribution in [0.25, 0.3) is 10.1 Å². The highest BCUT2D eigenvalue weighted by atomic mass is 127. The Hall–Kier alpha value is -0.620. The van der Waals surface area contributed by atoms with Gasteiger partial charge < -0.3 is 4.74 Å². The zero-order chi connectivity index (χ0) is 10.1. The minimum atomic E-state index is 0.656. The smallest absolute Gasteiger partial charge is 0.150 e. The van der Waals surface area contributed by atoms with Gasteiger partial charge in [0, 0.05) is 5.56 Å². The third-order valence-electron chi connectivity index (χ3n) is 1.93. The van der Waals surface area contributed by atoms with Gasteiger partial charge in [0.15, 0.2) is 0 Å². The van der Waals surface area contributed by atoms with Crippen LogP contribution < -0.4 is 4.74 Å². The topological polar surface area (TPSA) is 26.3 Å². The van der Waals surface area contributed by atoms with Crippen molar-refractivity contribution < 1.29 is 9.53 Å². The van der Waals surface area contributed by atoms with Crippen LogP contribution in [0.2, 0.25) is 0 Å². The number of rotatable bonds is 2. The number of hydrogen-bond acceptors (Lipinski definition) is 3. The van der Waals surface area contributed by atoms with Gasteiger partial charge >= 0.3 is 0 Å². The number of methoxy groups -OCH3 is 1. The predicted octanol–water partition coefficient (Wildman–Crippen LogP) is 3.33. The van der Waals surface area contributed by atoms with Crippen LogP contribution in [-0.4, -0.2) is 13.4 Å². The summed E-state index contributed by atoms with van der Waals surface area (Å²) in [6, 6.07) is 5.70. The molecule has 1 heterocycles. The normalized spacial score (nSPS) is 10.4. The molecule has 0 spiro atoms. The predicted molar refractivity (Wildman–Crippen MR) is 66.5 cm³/mol. The second-order valence-electron chi connectivity index (χ2n) is 2.81. The van der Waals surface area contributed by atoms with Crippen molar-refractivity contribution in [1.82, 2.24) is 0 Å². The van der Waals surface area contributed by atoms with Gasteiger partial charge in [0.05, 0.1) is 14.7 Å². The largest absolute Gasteiger partial charge is 0.495 e. The van der Waals surface area contributed by atoms with Gasteiger partial charge in [-0.25, -0.2) is 0 Å². The van der Waals surface area contributed by atoms with E-state index in [2.05, 4.69) is 28.7 Å². The lowest BCUT2D eigenvalue weighted by molar-refractivity contribution is 0.112. The van der Waals surface area contributed by atoms with Crippen molar-refractivity contribution in [2.45, 2.75) is 0 Å². The Kier molecular flexibility index (Phi) is 2.73. The molecule has 72 valence electrons. The molecule has 0 aliphatic heterocycles. The summed E-state index contributed by atoms with van der Waals surface area (Å²) < 4.78 is 7.52. The Morgan fingerprint density at radius 1 is 1.43 bits per heavy atom. The molecule has 2 nitrogen and oxygen atoms in total. The van der Waals surface area contributed by atoms with Gasteiger partial charge in [-0.05, 0) is 46.2 Å². The highest BCUT2D eigenvalue weighted by Gasteiger charge is 2.07. The van der Waals surface area contributed by atoms with Crippen molar-refractivity contribution in [3.05, 3.63) is 26.6 Å². The minimum Gasteiger partial charge on any atom is -0.495 e. The Morgan fingerprint density at radius 3 is 2.86 bits per heavy atom. The molecule has 0 aliphatic carbocycles. The quantitative estimate of drug-likeness (QED) is 0.627. The first-order valence-electron chi connectivity index (χ1n) is 3.97. The van der Waals surface area contributed by atoms with Crippen LogP contribution in [0.3, 0.4) is 0 Å². The second-order valence-corrected chi connectivity index (χ2v) is 5.76. The molecule has 1 aromatic heterocycles. The molecule has 0 bridgehead atoms. The number of aldehydes is 1. The highest BCUT2D eigenvalue weighted by molar-refractivity contribution is 14.1. The lowest BCUT2D eigenvalue weighted by Crippen LogP contribution is -1.85. The summed E-state index contributed by atoms with van der Waals surface area (Å²) in [5, 5.41) is 1.07. The number of carbonyl (C=O) groups is 1. The van der Waals surface area contributed by atoms with Crippen LogP contribution in [0.15, 0.2) is 18.2 Å². The first-order valence-corrected chi connectivity index (χ1v) is 5.86. The molecule has 0 saturated heterocycles. The average Bonchev–Trinajstić information content (AvgIpc) is 2.56. The van der Waals surface area contributed by atoms with Crippen molar-refractivity contribution in [1.29, 1.82) is 0 Å². The molecule has 0 radical (unpaired) electrons. The summed E-state index contributed by atoms with van der Waals surface area (Å²) in [6.07, 6.45) is 0.840. The van der Waals surface area contributed by atoms with Gasteiger partial charge in [-0.1, -0.05) is 0 Å². The summed E-state index contributed by atoms with van der Waals surface area (Å²) >= 11 is 3.93. The van der Waals surface area contributed by atoms with Crippen LogP contribution in [0.5, 0.6) is 5.75 Å². The Bertz CT molecular complexity index is 490. The summed E-state index contributed by atoms with van der Waals surface area (Å²) in [7, 11) is 1.62. The van der Waals surface area contributed by atoms with E-state index in [0.29, 0.717) is 5.56 Å². The molecule has 0 unspecified atom stereocenters. The molecule has 0 amide bonds. The average molecular weight is 318 g/mol. The van der Waals surface area contributed by atoms with Gasteiger partial charge in [-0.3, -0.25) is 4.79 Å². The van der Waals surface area contributed by atoms with E-state index >= 15 is 0 Å². The van der Waals surface area contributed by atoms with Gasteiger partial charge in [0.2, 0.25) is 0 Å². The Labute approximate surface area is 99.0 Å². The van der Waals surface area contributed by atoms with E-state index in [9.17, 15) is 4.79 Å². The van der Waals surface area contributed by atoms with Crippen LogP contribution >= 0.6 is 33.9 Å². The maximum atomic E-state index is 10.7. The van der Waals surface area contributed by atoms with Crippen molar-refractivity contribution in [2.24, 2.45) is 0 Å². The standard InChI is InChI=1S/C10H7IO2S/c1-13-8-3-6(5-12)2-7-4-9(11)14-10(7)8/h2-5H,1H3. The van der Waals surface area contributed by atoms with Crippen molar-refractivity contribution in [3.63, 3.8) is 0 Å². The molecular weight excluding hydrogens is 311 g/mol. The molecule has 4 heteroatoms. The fourth-order valence-electron chi connectivity index (χ4n) is 1.33. The first kappa shape index (κ1) is 9.92. The van der Waals surface area contributed by atoms with E-state index in [1.807, 2.05) is 6.07 Å². The van der Waals surface area contributed by atoms with E-state index in [1.54, 1.807) is 24.5 Å². The van der Waals surface area contributed by atoms with Crippen LogP contribution in [-0.2, 0) is 0 Å². The van der Waals surface area contributed by atoms with E-state index in [1.165, 1.54) is 2.88 Å². The van der Waals surface area contributed by atoms with Crippen LogP contribution in [0, 0.1) is 2.88 Å². The number of halogens is 1. The summed E-state index contributed by atoms with van der Waals surface area (Å²) in [5.41, 5.74) is 0.656. The zero-order valence-corrected chi connectivity index (χ0v) is 10.4. The third kappa shape index (κ3) is 1.64. The maximum absolute atomic E-state index is 10.7. The number of carbonyl (C=O) groups excluding carboxylic acids is 1. The Morgan fingerprint density at radius 2 is 2.21 bits per heavy atom. The highest BCUT2D eigenvalue weighted by Crippen LogP contribution is 2.34. The van der Waals surface area contributed by atoms with Gasteiger partial charge in [-0.15, -0.1) is 11.3 Å². The fourth-order valence-corrected chi connectivity index (χ4v) is 3.19. The van der Waals surface area contributed by atoms with Gasteiger partial charge in [0.25, 0.3) is 0 Å². The van der Waals surface area contributed by atoms with E-state index in [4.69, 9.17) is 4.74 Å². The molecule has 0 saturated carbocycles. The molecule has 1 aromatic carbocycles. The second kappa shape index (κ2) is 3.86. The van der Waals surface area contributed by atoms with Crippen molar-refractivity contribution in [2.75, 3.05) is 7.11 Å². The molecule has 0 N–H and O–H groups in total. The number of ether oxygens (including phenoxy) is 1. The van der Waals surface area contributed by atoms with E-state index in [0.717, 1.165) is 22.1 Å². The lowest BCUT2D eigenvalue weighted by atomic mass is 10.2. The number of hydrogen-bond donors (Lipinski definition) is 0. The van der Waals surface area contributed by atoms with Crippen LogP contribution in [0.4, 0.5) is 0 Å². The number of thiophene rings is 1. The summed E-state index contributed by atoms with van der Waals surface area (Å²) in [4.78, 5) is 10.7. The SMILES string of the molecule is COc1cc(C=O)cc2cc(I)sc12. The summed E-state index contributed by atoms with van der Waals surface area (Å²) in [6.45, 7) is 0. The zero-order valence-electron chi connectivity index (χ0n) is 7.41. The third-order valence-corrected chi connectivity index (χ3v) is 3.86. The molecule has 14 heavy (non-hydrogen) atoms. The maximum Gasteiger partial charge on any atom is 0.150 e. The first-order chi connectivity index (χ1) is 6.74. The van der Waals surface area contributed by atoms with Gasteiger partial charge in [-0.2, -0.15) is 0 Å². The van der Waals surface area contributed by atoms with Gasteiger partial charge in [0.1, 0.15) is 12.0 Å².